The molecule has 0 aliphatic heterocycles. The molecule has 4 aromatic carbocycles. The molecule has 0 aliphatic rings. The lowest BCUT2D eigenvalue weighted by Gasteiger charge is -2.24. The van der Waals surface area contributed by atoms with Crippen LogP contribution in [0.15, 0.2) is 109 Å². The van der Waals surface area contributed by atoms with E-state index in [-0.39, 0.29) is 0 Å². The standard InChI is InChI=1S/C28H28O2P2/c1-29-23-11-9-17-27(21-23)31(25-13-5-3-6-14-25)19-20-32(26-15-7-4-8-16-26)28-18-10-12-24(22-28)30-2/h3-18,21-22H,19-20H2,1-2H3. The summed E-state index contributed by atoms with van der Waals surface area (Å²) in [6.07, 6.45) is 2.23. The Morgan fingerprint density at radius 3 is 1.22 bits per heavy atom. The second kappa shape index (κ2) is 11.3. The van der Waals surface area contributed by atoms with Gasteiger partial charge in [-0.1, -0.05) is 84.9 Å². The van der Waals surface area contributed by atoms with E-state index in [9.17, 15) is 0 Å². The van der Waals surface area contributed by atoms with Crippen LogP contribution in [0.5, 0.6) is 11.5 Å². The number of methoxy groups -OCH3 is 2. The highest BCUT2D eigenvalue weighted by Crippen LogP contribution is 2.42. The van der Waals surface area contributed by atoms with Gasteiger partial charge in [0.25, 0.3) is 0 Å². The van der Waals surface area contributed by atoms with Gasteiger partial charge >= 0.3 is 0 Å². The summed E-state index contributed by atoms with van der Waals surface area (Å²) in [5, 5.41) is 5.53. The second-order valence-corrected chi connectivity index (χ2v) is 12.0. The number of hydrogen-bond donors (Lipinski definition) is 0. The van der Waals surface area contributed by atoms with Gasteiger partial charge in [-0.25, -0.2) is 0 Å². The Morgan fingerprint density at radius 1 is 0.469 bits per heavy atom. The number of ether oxygens (including phenoxy) is 2. The van der Waals surface area contributed by atoms with Crippen LogP contribution in [0, 0.1) is 0 Å². The zero-order chi connectivity index (χ0) is 22.2. The van der Waals surface area contributed by atoms with Crippen LogP contribution in [-0.2, 0) is 0 Å². The molecule has 2 nitrogen and oxygen atoms in total. The van der Waals surface area contributed by atoms with Crippen molar-refractivity contribution in [1.29, 1.82) is 0 Å². The minimum Gasteiger partial charge on any atom is -0.497 e. The van der Waals surface area contributed by atoms with E-state index in [1.165, 1.54) is 21.2 Å². The molecule has 0 heterocycles. The highest BCUT2D eigenvalue weighted by molar-refractivity contribution is 7.76. The topological polar surface area (TPSA) is 18.5 Å². The van der Waals surface area contributed by atoms with Gasteiger partial charge in [-0.15, -0.1) is 0 Å². The van der Waals surface area contributed by atoms with E-state index in [0.717, 1.165) is 23.8 Å². The summed E-state index contributed by atoms with van der Waals surface area (Å²) in [5.74, 6) is 1.84. The fraction of sp³-hybridized carbons (Fsp3) is 0.143. The summed E-state index contributed by atoms with van der Waals surface area (Å²) in [7, 11) is 2.49. The van der Waals surface area contributed by atoms with E-state index in [0.29, 0.717) is 0 Å². The van der Waals surface area contributed by atoms with Crippen LogP contribution in [0.4, 0.5) is 0 Å². The molecule has 0 spiro atoms. The zero-order valence-corrected chi connectivity index (χ0v) is 20.3. The van der Waals surface area contributed by atoms with Crippen molar-refractivity contribution in [1.82, 2.24) is 0 Å². The predicted molar refractivity (Wildman–Crippen MR) is 141 cm³/mol. The van der Waals surface area contributed by atoms with Crippen molar-refractivity contribution in [2.24, 2.45) is 0 Å². The van der Waals surface area contributed by atoms with Crippen LogP contribution < -0.4 is 30.7 Å². The van der Waals surface area contributed by atoms with Crippen LogP contribution in [0.3, 0.4) is 0 Å². The normalized spacial score (nSPS) is 12.7. The van der Waals surface area contributed by atoms with E-state index in [1.807, 2.05) is 12.1 Å². The summed E-state index contributed by atoms with van der Waals surface area (Å²) < 4.78 is 11.1. The predicted octanol–water partition coefficient (Wildman–Crippen LogP) is 5.27. The summed E-state index contributed by atoms with van der Waals surface area (Å²) >= 11 is 0. The third-order valence-corrected chi connectivity index (χ3v) is 10.8. The Kier molecular flexibility index (Phi) is 7.94. The SMILES string of the molecule is COc1cccc(P(CCP(c2ccccc2)c2cccc(OC)c2)c2ccccc2)c1. The molecule has 162 valence electrons. The summed E-state index contributed by atoms with van der Waals surface area (Å²) in [6, 6.07) is 39.0. The Labute approximate surface area is 193 Å². The highest BCUT2D eigenvalue weighted by atomic mass is 31.1. The van der Waals surface area contributed by atoms with Crippen molar-refractivity contribution in [2.45, 2.75) is 0 Å². The maximum atomic E-state index is 5.53. The quantitative estimate of drug-likeness (QED) is 0.318. The van der Waals surface area contributed by atoms with Gasteiger partial charge in [0, 0.05) is 0 Å². The van der Waals surface area contributed by atoms with E-state index >= 15 is 0 Å². The molecule has 4 rings (SSSR count). The largest absolute Gasteiger partial charge is 0.497 e. The van der Waals surface area contributed by atoms with Crippen molar-refractivity contribution in [3.63, 3.8) is 0 Å². The van der Waals surface area contributed by atoms with Crippen LogP contribution in [0.1, 0.15) is 0 Å². The Bertz CT molecular complexity index is 1030. The molecule has 0 N–H and O–H groups in total. The maximum Gasteiger partial charge on any atom is 0.119 e. The average Bonchev–Trinajstić information content (AvgIpc) is 2.88. The molecule has 0 radical (unpaired) electrons. The van der Waals surface area contributed by atoms with Gasteiger partial charge in [-0.2, -0.15) is 0 Å². The molecule has 0 aromatic heterocycles. The van der Waals surface area contributed by atoms with Crippen molar-refractivity contribution >= 4 is 37.1 Å². The zero-order valence-electron chi connectivity index (χ0n) is 18.5. The van der Waals surface area contributed by atoms with Gasteiger partial charge in [-0.3, -0.25) is 0 Å². The molecule has 2 atom stereocenters. The number of hydrogen-bond acceptors (Lipinski definition) is 2. The number of benzene rings is 4. The van der Waals surface area contributed by atoms with Crippen molar-refractivity contribution < 1.29 is 9.47 Å². The maximum absolute atomic E-state index is 5.53. The average molecular weight is 458 g/mol. The van der Waals surface area contributed by atoms with Gasteiger partial charge in [0.2, 0.25) is 0 Å². The Hall–Kier alpha value is -2.66. The molecule has 4 aromatic rings. The fourth-order valence-corrected chi connectivity index (χ4v) is 9.18. The monoisotopic (exact) mass is 458 g/mol. The number of rotatable bonds is 9. The van der Waals surface area contributed by atoms with Gasteiger partial charge in [0.15, 0.2) is 0 Å². The fourth-order valence-electron chi connectivity index (χ4n) is 3.79. The molecule has 32 heavy (non-hydrogen) atoms. The highest BCUT2D eigenvalue weighted by Gasteiger charge is 2.20. The van der Waals surface area contributed by atoms with Crippen LogP contribution in [0.25, 0.3) is 0 Å². The lowest BCUT2D eigenvalue weighted by Crippen LogP contribution is -2.20. The van der Waals surface area contributed by atoms with Crippen molar-refractivity contribution in [3.05, 3.63) is 109 Å². The summed E-state index contributed by atoms with van der Waals surface area (Å²) in [5.41, 5.74) is 0. The third kappa shape index (κ3) is 5.57. The minimum atomic E-state index is -0.492. The third-order valence-electron chi connectivity index (χ3n) is 5.41. The summed E-state index contributed by atoms with van der Waals surface area (Å²) in [6.45, 7) is 0. The van der Waals surface area contributed by atoms with Crippen molar-refractivity contribution in [2.75, 3.05) is 26.5 Å². The molecule has 2 unspecified atom stereocenters. The molecule has 0 fully saturated rings. The van der Waals surface area contributed by atoms with Gasteiger partial charge in [-0.05, 0) is 73.7 Å². The Morgan fingerprint density at radius 2 is 0.844 bits per heavy atom. The lowest BCUT2D eigenvalue weighted by atomic mass is 10.3. The minimum absolute atomic E-state index is 0.492. The van der Waals surface area contributed by atoms with E-state index in [2.05, 4.69) is 97.1 Å². The first-order chi connectivity index (χ1) is 15.8. The van der Waals surface area contributed by atoms with E-state index < -0.39 is 15.8 Å². The van der Waals surface area contributed by atoms with Crippen LogP contribution in [-0.4, -0.2) is 26.5 Å². The molecular weight excluding hydrogens is 430 g/mol. The molecule has 0 saturated carbocycles. The summed E-state index contributed by atoms with van der Waals surface area (Å²) in [4.78, 5) is 0. The van der Waals surface area contributed by atoms with Crippen LogP contribution >= 0.6 is 15.8 Å². The first-order valence-corrected chi connectivity index (χ1v) is 13.8. The van der Waals surface area contributed by atoms with Gasteiger partial charge in [0.1, 0.15) is 11.5 Å². The molecule has 0 aliphatic carbocycles. The van der Waals surface area contributed by atoms with E-state index in [1.54, 1.807) is 14.2 Å². The smallest absolute Gasteiger partial charge is 0.119 e. The first kappa shape index (κ1) is 22.5. The second-order valence-electron chi connectivity index (χ2n) is 7.38. The molecule has 4 heteroatoms. The van der Waals surface area contributed by atoms with Crippen molar-refractivity contribution in [3.8, 4) is 11.5 Å². The Balaban J connectivity index is 1.68. The van der Waals surface area contributed by atoms with Gasteiger partial charge < -0.3 is 9.47 Å². The molecular formula is C28H28O2P2. The van der Waals surface area contributed by atoms with Gasteiger partial charge in [0.05, 0.1) is 14.2 Å². The molecule has 0 bridgehead atoms. The van der Waals surface area contributed by atoms with Crippen LogP contribution in [0.2, 0.25) is 0 Å². The van der Waals surface area contributed by atoms with E-state index in [4.69, 9.17) is 9.47 Å². The first-order valence-electron chi connectivity index (χ1n) is 10.7. The molecule has 0 amide bonds. The lowest BCUT2D eigenvalue weighted by molar-refractivity contribution is 0.415. The molecule has 0 saturated heterocycles.